The maximum atomic E-state index is 12.8. The van der Waals surface area contributed by atoms with Crippen molar-refractivity contribution in [1.82, 2.24) is 20.6 Å². The first-order chi connectivity index (χ1) is 16.9. The van der Waals surface area contributed by atoms with E-state index in [9.17, 15) is 19.5 Å². The number of anilines is 1. The van der Waals surface area contributed by atoms with E-state index in [4.69, 9.17) is 4.74 Å². The fraction of sp³-hybridized carbons (Fsp3) is 0.292. The minimum atomic E-state index is -1.08. The molecule has 0 fully saturated rings. The topological polar surface area (TPSA) is 143 Å². The monoisotopic (exact) mass is 497 g/mol. The molecule has 1 aromatic carbocycles. The molecule has 35 heavy (non-hydrogen) atoms. The molecule has 0 saturated heterocycles. The van der Waals surface area contributed by atoms with E-state index in [2.05, 4.69) is 25.9 Å². The van der Waals surface area contributed by atoms with Gasteiger partial charge in [-0.3, -0.25) is 9.59 Å². The van der Waals surface area contributed by atoms with Gasteiger partial charge in [0.15, 0.2) is 0 Å². The summed E-state index contributed by atoms with van der Waals surface area (Å²) in [5.41, 5.74) is 1.66. The fourth-order valence-electron chi connectivity index (χ4n) is 3.24. The molecule has 2 heterocycles. The van der Waals surface area contributed by atoms with Gasteiger partial charge in [-0.05, 0) is 48.9 Å². The number of rotatable bonds is 11. The van der Waals surface area contributed by atoms with E-state index < -0.39 is 17.9 Å². The summed E-state index contributed by atoms with van der Waals surface area (Å²) in [6.07, 6.45) is 2.96. The molecule has 0 aliphatic rings. The average molecular weight is 498 g/mol. The number of benzene rings is 1. The number of aromatic nitrogens is 2. The molecule has 1 atom stereocenters. The molecule has 184 valence electrons. The fourth-order valence-corrected chi connectivity index (χ4v) is 3.88. The van der Waals surface area contributed by atoms with E-state index in [1.54, 1.807) is 42.6 Å². The molecule has 1 unspecified atom stereocenters. The van der Waals surface area contributed by atoms with Crippen LogP contribution in [-0.2, 0) is 16.0 Å². The Morgan fingerprint density at radius 1 is 1.17 bits per heavy atom. The number of nitrogens with zero attached hydrogens (tertiary/aromatic N) is 2. The molecule has 11 heteroatoms. The number of phenolic OH excluding ortho intramolecular Hbond substituents is 1. The molecule has 2 aromatic heterocycles. The first-order valence-electron chi connectivity index (χ1n) is 10.9. The number of carbonyl (C=O) groups is 3. The van der Waals surface area contributed by atoms with E-state index in [0.29, 0.717) is 23.1 Å². The molecular formula is C24H27N5O5S. The number of methoxy groups -OCH3 is 1. The molecule has 0 saturated carbocycles. The third-order valence-electron chi connectivity index (χ3n) is 5.06. The van der Waals surface area contributed by atoms with Crippen LogP contribution in [0.3, 0.4) is 0 Å². The van der Waals surface area contributed by atoms with Gasteiger partial charge in [0.1, 0.15) is 11.8 Å². The summed E-state index contributed by atoms with van der Waals surface area (Å²) in [7, 11) is 1.21. The van der Waals surface area contributed by atoms with Crippen LogP contribution < -0.4 is 16.0 Å². The Labute approximate surface area is 206 Å². The van der Waals surface area contributed by atoms with Crippen molar-refractivity contribution >= 4 is 35.1 Å². The van der Waals surface area contributed by atoms with Crippen molar-refractivity contribution in [1.29, 1.82) is 0 Å². The summed E-state index contributed by atoms with van der Waals surface area (Å²) in [5.74, 6) is -0.973. The molecular weight excluding hydrogens is 470 g/mol. The standard InChI is InChI=1S/C24H27N5O5S/c1-15-18(13-27-24(28-15)25-10-4-7-16-6-3-8-17(30)12-16)21(31)29-19(23(33)34-2)14-26-22(32)20-9-5-11-35-20/h3,5-6,8-9,11-13,19,30H,4,7,10,14H2,1-2H3,(H,26,32)(H,29,31)(H,25,27,28). The number of aromatic hydroxyl groups is 1. The van der Waals surface area contributed by atoms with Gasteiger partial charge in [0, 0.05) is 19.3 Å². The molecule has 0 radical (unpaired) electrons. The van der Waals surface area contributed by atoms with Gasteiger partial charge in [-0.25, -0.2) is 14.8 Å². The lowest BCUT2D eigenvalue weighted by Gasteiger charge is -2.17. The van der Waals surface area contributed by atoms with E-state index in [1.165, 1.54) is 24.6 Å². The van der Waals surface area contributed by atoms with Crippen LogP contribution in [0.4, 0.5) is 5.95 Å². The van der Waals surface area contributed by atoms with Gasteiger partial charge in [0.05, 0.1) is 23.2 Å². The summed E-state index contributed by atoms with van der Waals surface area (Å²) >= 11 is 1.27. The van der Waals surface area contributed by atoms with Crippen molar-refractivity contribution in [2.24, 2.45) is 0 Å². The number of thiophene rings is 1. The van der Waals surface area contributed by atoms with Gasteiger partial charge in [0.2, 0.25) is 5.95 Å². The van der Waals surface area contributed by atoms with E-state index >= 15 is 0 Å². The van der Waals surface area contributed by atoms with E-state index in [1.807, 2.05) is 6.07 Å². The Kier molecular flexibility index (Phi) is 9.13. The van der Waals surface area contributed by atoms with Crippen LogP contribution in [0, 0.1) is 6.92 Å². The molecule has 3 aromatic rings. The minimum absolute atomic E-state index is 0.131. The predicted octanol–water partition coefficient (Wildman–Crippen LogP) is 2.30. The Morgan fingerprint density at radius 3 is 2.69 bits per heavy atom. The van der Waals surface area contributed by atoms with Crippen molar-refractivity contribution in [3.63, 3.8) is 0 Å². The second kappa shape index (κ2) is 12.5. The quantitative estimate of drug-likeness (QED) is 0.233. The summed E-state index contributed by atoms with van der Waals surface area (Å²) < 4.78 is 4.76. The van der Waals surface area contributed by atoms with Gasteiger partial charge < -0.3 is 25.8 Å². The number of amides is 2. The molecule has 4 N–H and O–H groups in total. The van der Waals surface area contributed by atoms with Crippen LogP contribution in [0.2, 0.25) is 0 Å². The van der Waals surface area contributed by atoms with Gasteiger partial charge >= 0.3 is 5.97 Å². The van der Waals surface area contributed by atoms with Crippen molar-refractivity contribution < 1.29 is 24.2 Å². The predicted molar refractivity (Wildman–Crippen MR) is 132 cm³/mol. The van der Waals surface area contributed by atoms with Crippen LogP contribution in [-0.4, -0.2) is 59.1 Å². The molecule has 0 spiro atoms. The Morgan fingerprint density at radius 2 is 2.00 bits per heavy atom. The lowest BCUT2D eigenvalue weighted by atomic mass is 10.1. The average Bonchev–Trinajstić information content (AvgIpc) is 3.39. The Balaban J connectivity index is 1.53. The minimum Gasteiger partial charge on any atom is -0.508 e. The number of esters is 1. The highest BCUT2D eigenvalue weighted by Gasteiger charge is 2.24. The van der Waals surface area contributed by atoms with Crippen LogP contribution >= 0.6 is 11.3 Å². The zero-order valence-electron chi connectivity index (χ0n) is 19.4. The molecule has 3 rings (SSSR count). The van der Waals surface area contributed by atoms with E-state index in [-0.39, 0.29) is 23.8 Å². The highest BCUT2D eigenvalue weighted by atomic mass is 32.1. The third-order valence-corrected chi connectivity index (χ3v) is 5.93. The maximum Gasteiger partial charge on any atom is 0.330 e. The normalized spacial score (nSPS) is 11.4. The highest BCUT2D eigenvalue weighted by molar-refractivity contribution is 7.12. The van der Waals surface area contributed by atoms with Crippen LogP contribution in [0.25, 0.3) is 0 Å². The number of hydrogen-bond donors (Lipinski definition) is 4. The summed E-state index contributed by atoms with van der Waals surface area (Å²) in [5, 5.41) is 19.6. The van der Waals surface area contributed by atoms with Gasteiger partial charge in [-0.2, -0.15) is 0 Å². The molecule has 0 aliphatic heterocycles. The molecule has 0 bridgehead atoms. The highest BCUT2D eigenvalue weighted by Crippen LogP contribution is 2.13. The van der Waals surface area contributed by atoms with Gasteiger partial charge in [0.25, 0.3) is 11.8 Å². The maximum absolute atomic E-state index is 12.8. The second-order valence-electron chi connectivity index (χ2n) is 7.63. The van der Waals surface area contributed by atoms with Crippen LogP contribution in [0.15, 0.2) is 48.0 Å². The van der Waals surface area contributed by atoms with Crippen molar-refractivity contribution in [2.45, 2.75) is 25.8 Å². The van der Waals surface area contributed by atoms with Crippen LogP contribution in [0.5, 0.6) is 5.75 Å². The first-order valence-corrected chi connectivity index (χ1v) is 11.8. The summed E-state index contributed by atoms with van der Waals surface area (Å²) in [6.45, 7) is 2.14. The molecule has 10 nitrogen and oxygen atoms in total. The number of phenols is 1. The summed E-state index contributed by atoms with van der Waals surface area (Å²) in [4.78, 5) is 46.1. The second-order valence-corrected chi connectivity index (χ2v) is 8.58. The SMILES string of the molecule is COC(=O)C(CNC(=O)c1cccs1)NC(=O)c1cnc(NCCCc2cccc(O)c2)nc1C. The summed E-state index contributed by atoms with van der Waals surface area (Å²) in [6, 6.07) is 9.43. The lowest BCUT2D eigenvalue weighted by molar-refractivity contribution is -0.142. The third kappa shape index (κ3) is 7.51. The molecule has 0 aliphatic carbocycles. The first kappa shape index (κ1) is 25.6. The van der Waals surface area contributed by atoms with Gasteiger partial charge in [-0.1, -0.05) is 18.2 Å². The van der Waals surface area contributed by atoms with Crippen LogP contribution in [0.1, 0.15) is 37.7 Å². The number of hydrogen-bond acceptors (Lipinski definition) is 9. The number of nitrogens with one attached hydrogen (secondary N) is 3. The van der Waals surface area contributed by atoms with Gasteiger partial charge in [-0.15, -0.1) is 11.3 Å². The molecule has 2 amide bonds. The number of aryl methyl sites for hydroxylation is 2. The van der Waals surface area contributed by atoms with Crippen molar-refractivity contribution in [3.8, 4) is 5.75 Å². The Bertz CT molecular complexity index is 1170. The van der Waals surface area contributed by atoms with Crippen molar-refractivity contribution in [2.75, 3.05) is 25.5 Å². The largest absolute Gasteiger partial charge is 0.508 e. The lowest BCUT2D eigenvalue weighted by Crippen LogP contribution is -2.49. The van der Waals surface area contributed by atoms with E-state index in [0.717, 1.165) is 18.4 Å². The Hall–Kier alpha value is -3.99. The zero-order chi connectivity index (χ0) is 25.2. The smallest absolute Gasteiger partial charge is 0.330 e. The zero-order valence-corrected chi connectivity index (χ0v) is 20.2. The number of carbonyl (C=O) groups excluding carboxylic acids is 3. The number of ether oxygens (including phenoxy) is 1. The van der Waals surface area contributed by atoms with Crippen molar-refractivity contribution in [3.05, 3.63) is 69.7 Å².